The molecule has 2 heterocycles. The summed E-state index contributed by atoms with van der Waals surface area (Å²) in [6.45, 7) is 25.3. The molecule has 0 fully saturated rings. The summed E-state index contributed by atoms with van der Waals surface area (Å²) in [6, 6.07) is 53.7. The Labute approximate surface area is 395 Å². The minimum Gasteiger partial charge on any atom is -0.311 e. The molecular weight excluding hydrogens is 784 g/mol. The largest absolute Gasteiger partial charge is 0.311 e. The quantitative estimate of drug-likeness (QED) is 0.159. The lowest BCUT2D eigenvalue weighted by atomic mass is 9.33. The van der Waals surface area contributed by atoms with Gasteiger partial charge >= 0.3 is 0 Å². The highest BCUT2D eigenvalue weighted by Gasteiger charge is 2.47. The molecule has 0 saturated carbocycles. The zero-order valence-electron chi connectivity index (χ0n) is 43.7. The van der Waals surface area contributed by atoms with Gasteiger partial charge in [0.25, 0.3) is 6.71 Å². The van der Waals surface area contributed by atoms with Gasteiger partial charge in [-0.3, -0.25) is 0 Å². The molecule has 0 atom stereocenters. The number of benzene rings is 7. The Morgan fingerprint density at radius 2 is 1.02 bits per heavy atom. The normalized spacial score (nSPS) is 17.0. The summed E-state index contributed by atoms with van der Waals surface area (Å²) in [5.74, 6) is 0. The fourth-order valence-electron chi connectivity index (χ4n) is 11.2. The van der Waals surface area contributed by atoms with Gasteiger partial charge < -0.3 is 9.80 Å². The highest BCUT2D eigenvalue weighted by molar-refractivity contribution is 7.00. The SMILES string of the molecule is [2H]C([2H])([2H])c1cc2c3c(c1)N(c1ccc(C(C)(C)C)cc1-c1ccccc1)c1cc4c(cc1B3c1cc(C(C)(C)c3ccccc3)ccc1N2c1ccc(C(C)(C)C)cc1)C(C)(C)CCC4(C)C. The predicted octanol–water partition coefficient (Wildman–Crippen LogP) is 15.0. The van der Waals surface area contributed by atoms with Crippen LogP contribution < -0.4 is 26.2 Å². The molecule has 0 N–H and O–H groups in total. The van der Waals surface area contributed by atoms with Crippen molar-refractivity contribution in [2.24, 2.45) is 0 Å². The van der Waals surface area contributed by atoms with Gasteiger partial charge in [0.05, 0.1) is 5.69 Å². The van der Waals surface area contributed by atoms with Crippen LogP contribution in [0.4, 0.5) is 34.1 Å². The van der Waals surface area contributed by atoms with Gasteiger partial charge in [-0.25, -0.2) is 0 Å². The molecule has 0 aromatic heterocycles. The zero-order chi connectivity index (χ0) is 48.5. The lowest BCUT2D eigenvalue weighted by Crippen LogP contribution is -2.62. The number of rotatable bonds is 5. The van der Waals surface area contributed by atoms with Crippen molar-refractivity contribution in [2.75, 3.05) is 9.80 Å². The van der Waals surface area contributed by atoms with E-state index < -0.39 is 6.85 Å². The fraction of sp³-hybridized carbons (Fsp3) is 0.323. The maximum Gasteiger partial charge on any atom is 0.252 e. The first-order valence-corrected chi connectivity index (χ1v) is 23.8. The minimum atomic E-state index is -2.38. The molecule has 3 heteroatoms. The molecule has 0 radical (unpaired) electrons. The van der Waals surface area contributed by atoms with E-state index in [0.29, 0.717) is 5.56 Å². The smallest absolute Gasteiger partial charge is 0.252 e. The molecule has 2 aliphatic heterocycles. The zero-order valence-corrected chi connectivity index (χ0v) is 40.7. The van der Waals surface area contributed by atoms with E-state index in [1.165, 1.54) is 44.3 Å². The molecular formula is C62H67BN2. The first-order chi connectivity index (χ1) is 31.9. The molecule has 2 nitrogen and oxygen atoms in total. The van der Waals surface area contributed by atoms with Crippen molar-refractivity contribution in [1.82, 2.24) is 0 Å². The topological polar surface area (TPSA) is 6.48 Å². The Morgan fingerprint density at radius 3 is 1.63 bits per heavy atom. The Bertz CT molecular complexity index is 3090. The predicted molar refractivity (Wildman–Crippen MR) is 282 cm³/mol. The third-order valence-corrected chi connectivity index (χ3v) is 15.4. The minimum absolute atomic E-state index is 0.0353. The summed E-state index contributed by atoms with van der Waals surface area (Å²) in [4.78, 5) is 4.82. The number of hydrogen-bond donors (Lipinski definition) is 0. The molecule has 0 bridgehead atoms. The summed E-state index contributed by atoms with van der Waals surface area (Å²) in [7, 11) is 0. The third kappa shape index (κ3) is 7.08. The molecule has 0 saturated heterocycles. The summed E-state index contributed by atoms with van der Waals surface area (Å²) in [5, 5.41) is 0. The molecule has 0 amide bonds. The van der Waals surface area contributed by atoms with Gasteiger partial charge in [0.2, 0.25) is 0 Å². The van der Waals surface area contributed by atoms with Gasteiger partial charge in [0.1, 0.15) is 0 Å². The van der Waals surface area contributed by atoms with E-state index in [9.17, 15) is 0 Å². The lowest BCUT2D eigenvalue weighted by molar-refractivity contribution is 0.332. The number of fused-ring (bicyclic) bond motifs is 5. The van der Waals surface area contributed by atoms with Crippen LogP contribution in [0.2, 0.25) is 0 Å². The van der Waals surface area contributed by atoms with Gasteiger partial charge in [-0.15, -0.1) is 0 Å². The van der Waals surface area contributed by atoms with Crippen molar-refractivity contribution in [3.8, 4) is 11.1 Å². The average Bonchev–Trinajstić information content (AvgIpc) is 3.29. The summed E-state index contributed by atoms with van der Waals surface area (Å²) >= 11 is 0. The van der Waals surface area contributed by atoms with Crippen LogP contribution in [0.3, 0.4) is 0 Å². The summed E-state index contributed by atoms with van der Waals surface area (Å²) < 4.78 is 27.4. The standard InChI is InChI=1S/C62H67BN2/c1-40-34-55-57-56(35-40)65(52-30-26-44(59(5,6)7)36-47(52)41-20-16-14-17-21-41)54-39-49-48(60(8,9)32-33-61(49,10)11)38-51(54)63(57)50-37-45(62(12,13)43-22-18-15-19-23-43)27-31-53(50)64(55)46-28-24-42(25-29-46)58(2,3)4/h14-31,34-39H,32-33H2,1-13H3/i1D3. The second-order valence-corrected chi connectivity index (χ2v) is 23.2. The van der Waals surface area contributed by atoms with Crippen molar-refractivity contribution in [2.45, 2.75) is 130 Å². The van der Waals surface area contributed by atoms with Crippen LogP contribution in [-0.2, 0) is 27.1 Å². The average molecular weight is 854 g/mol. The number of hydrogen-bond acceptors (Lipinski definition) is 2. The maximum absolute atomic E-state index is 9.13. The number of nitrogens with zero attached hydrogens (tertiary/aromatic N) is 2. The maximum atomic E-state index is 9.13. The van der Waals surface area contributed by atoms with Gasteiger partial charge in [0.15, 0.2) is 0 Å². The van der Waals surface area contributed by atoms with E-state index in [0.717, 1.165) is 63.6 Å². The van der Waals surface area contributed by atoms with Crippen LogP contribution in [-0.4, -0.2) is 6.71 Å². The monoisotopic (exact) mass is 854 g/mol. The lowest BCUT2D eigenvalue weighted by Gasteiger charge is -2.48. The van der Waals surface area contributed by atoms with Gasteiger partial charge in [-0.1, -0.05) is 180 Å². The summed E-state index contributed by atoms with van der Waals surface area (Å²) in [5.41, 5.74) is 19.4. The molecule has 7 aromatic carbocycles. The number of aryl methyl sites for hydroxylation is 1. The van der Waals surface area contributed by atoms with Crippen molar-refractivity contribution in [1.29, 1.82) is 0 Å². The van der Waals surface area contributed by atoms with Crippen molar-refractivity contribution < 1.29 is 4.11 Å². The van der Waals surface area contributed by atoms with E-state index in [4.69, 9.17) is 4.11 Å². The van der Waals surface area contributed by atoms with E-state index in [1.54, 1.807) is 0 Å². The van der Waals surface area contributed by atoms with E-state index in [-0.39, 0.29) is 33.8 Å². The Kier molecular flexibility index (Phi) is 9.05. The van der Waals surface area contributed by atoms with Crippen LogP contribution in [0.5, 0.6) is 0 Å². The second-order valence-electron chi connectivity index (χ2n) is 23.2. The molecule has 65 heavy (non-hydrogen) atoms. The van der Waals surface area contributed by atoms with Crippen molar-refractivity contribution >= 4 is 57.2 Å². The van der Waals surface area contributed by atoms with Gasteiger partial charge in [-0.2, -0.15) is 0 Å². The Balaban J connectivity index is 1.37. The van der Waals surface area contributed by atoms with Crippen molar-refractivity contribution in [3.05, 3.63) is 185 Å². The highest BCUT2D eigenvalue weighted by Crippen LogP contribution is 2.52. The van der Waals surface area contributed by atoms with E-state index in [1.807, 2.05) is 12.1 Å². The molecule has 7 aromatic rings. The Hall–Kier alpha value is -5.80. The highest BCUT2D eigenvalue weighted by atomic mass is 15.2. The molecule has 0 unspecified atom stereocenters. The first kappa shape index (κ1) is 39.6. The van der Waals surface area contributed by atoms with Crippen LogP contribution in [0.25, 0.3) is 11.1 Å². The third-order valence-electron chi connectivity index (χ3n) is 15.4. The first-order valence-electron chi connectivity index (χ1n) is 25.3. The van der Waals surface area contributed by atoms with Crippen LogP contribution in [0.1, 0.15) is 139 Å². The van der Waals surface area contributed by atoms with Crippen LogP contribution in [0.15, 0.2) is 146 Å². The molecule has 1 aliphatic carbocycles. The van der Waals surface area contributed by atoms with Gasteiger partial charge in [-0.05, 0) is 151 Å². The van der Waals surface area contributed by atoms with Crippen LogP contribution in [0, 0.1) is 6.85 Å². The fourth-order valence-corrected chi connectivity index (χ4v) is 11.2. The molecule has 328 valence electrons. The van der Waals surface area contributed by atoms with Gasteiger partial charge in [0, 0.05) is 43.5 Å². The number of anilines is 6. The molecule has 0 spiro atoms. The Morgan fingerprint density at radius 1 is 0.477 bits per heavy atom. The van der Waals surface area contributed by atoms with Crippen LogP contribution >= 0.6 is 0 Å². The van der Waals surface area contributed by atoms with Crippen molar-refractivity contribution in [3.63, 3.8) is 0 Å². The van der Waals surface area contributed by atoms with E-state index in [2.05, 4.69) is 226 Å². The second kappa shape index (κ2) is 14.9. The molecule has 10 rings (SSSR count). The van der Waals surface area contributed by atoms with E-state index >= 15 is 0 Å². The summed E-state index contributed by atoms with van der Waals surface area (Å²) in [6.07, 6.45) is 2.18. The molecule has 3 aliphatic rings.